The Balaban J connectivity index is -0.000000174. The minimum Gasteiger partial charge on any atom is -0.393 e. The van der Waals surface area contributed by atoms with E-state index in [0.717, 1.165) is 167 Å². The summed E-state index contributed by atoms with van der Waals surface area (Å²) in [5, 5.41) is 8.93. The lowest BCUT2D eigenvalue weighted by Crippen LogP contribution is -2.29. The van der Waals surface area contributed by atoms with Gasteiger partial charge in [-0.1, -0.05) is 244 Å². The van der Waals surface area contributed by atoms with Gasteiger partial charge in [-0.2, -0.15) is 11.8 Å². The highest BCUT2D eigenvalue weighted by atomic mass is 32.2. The van der Waals surface area contributed by atoms with Crippen LogP contribution in [0.5, 0.6) is 0 Å². The number of thioether (sulfide) groups is 1. The first-order valence-corrected chi connectivity index (χ1v) is 40.0. The number of hydrogen-bond donors (Lipinski definition) is 1. The summed E-state index contributed by atoms with van der Waals surface area (Å²) in [6.07, 6.45) is 35.1. The van der Waals surface area contributed by atoms with Crippen molar-refractivity contribution in [2.75, 3.05) is 58.8 Å². The first-order valence-electron chi connectivity index (χ1n) is 38.9. The molecule has 2 saturated carbocycles. The van der Waals surface area contributed by atoms with Gasteiger partial charge in [0.1, 0.15) is 6.17 Å². The largest absolute Gasteiger partial charge is 0.393 e. The molecule has 1 atom stereocenters. The number of allylic oxidation sites excluding steroid dienone is 2. The SMILES string of the molecule is C#CCCC(C)C.CC(C)CC1C=CCC1.CC(C)CC1CC(F)C1.CC(C)CC1CC(O)C1.CC(C)CC1COC1.CC(C)CC1CSC1.CC(C)CCCC(F)F.CC(C)CCCCF.CCCC(C)C.CCCCC(C)C.COCC(C)C.COCCC(C)C. The van der Waals surface area contributed by atoms with Crippen molar-refractivity contribution in [1.29, 1.82) is 0 Å². The van der Waals surface area contributed by atoms with Crippen LogP contribution in [0.2, 0.25) is 0 Å². The van der Waals surface area contributed by atoms with Crippen LogP contribution in [0.1, 0.15) is 341 Å². The molecule has 0 aromatic rings. The number of halogens is 4. The molecule has 0 bridgehead atoms. The van der Waals surface area contributed by atoms with Gasteiger partial charge < -0.3 is 19.3 Å². The van der Waals surface area contributed by atoms with Gasteiger partial charge in [0.15, 0.2) is 0 Å². The standard InChI is InChI=1S/C9H16.C8H15F.C8H16O.C7H14F2.C7H15F.C7H14O.C7H14S.C7H16.C7H12.C6H14O.C6H14.C5H12O/c1-8(2)7-9-5-3-4-6-9;2*1-6(2)3-7-4-8(9)5-7;1-6(2)4-3-5-7(8)9;1-7(2)5-3-4-6-8;2*1-6(2)3-7-4-8-5-7;2*1-4-5-6-7(2)3;1-6(2)4-5-7-3;1-4-5-6(2)3;1-5(2)4-6-3/h3,5,8-9H,4,6-7H2,1-2H3;6-8H,3-5H2,1-2H3;6-9H,3-5H2,1-2H3;6-7H,3-5H2,1-2H3;7H,3-6H2,1-2H3;2*6-7H,3-5H2,1-2H3;7H,4-6H2,1-3H3;1,7H,5-6H2,2-3H3;6H,4-5H2,1-3H3;6H,4-5H2,1-3H3;5H,4H2,1-3H3. The molecule has 9 heteroatoms. The summed E-state index contributed by atoms with van der Waals surface area (Å²) in [7, 11) is 3.46. The van der Waals surface area contributed by atoms with E-state index in [1.165, 1.54) is 101 Å². The zero-order valence-electron chi connectivity index (χ0n) is 68.0. The van der Waals surface area contributed by atoms with Crippen LogP contribution in [-0.2, 0) is 14.2 Å². The molecule has 0 spiro atoms. The van der Waals surface area contributed by atoms with Crippen molar-refractivity contribution < 1.29 is 36.9 Å². The fourth-order valence-electron chi connectivity index (χ4n) is 10.3. The molecule has 2 saturated heterocycles. The van der Waals surface area contributed by atoms with Crippen molar-refractivity contribution in [1.82, 2.24) is 0 Å². The first kappa shape index (κ1) is 106. The molecule has 0 aromatic heterocycles. The van der Waals surface area contributed by atoms with Crippen LogP contribution in [0.4, 0.5) is 17.6 Å². The number of aliphatic hydroxyl groups is 1. The Bertz CT molecular complexity index is 1360. The lowest BCUT2D eigenvalue weighted by atomic mass is 9.77. The predicted octanol–water partition coefficient (Wildman–Crippen LogP) is 27.8. The molecule has 0 amide bonds. The monoisotopic (exact) mass is 1350 g/mol. The molecular formula is C84H172F4O4S. The minimum absolute atomic E-state index is 0.0359. The number of alkyl halides is 4. The van der Waals surface area contributed by atoms with E-state index < -0.39 is 12.6 Å². The van der Waals surface area contributed by atoms with Gasteiger partial charge in [-0.05, 0) is 203 Å². The third-order valence-corrected chi connectivity index (χ3v) is 17.0. The van der Waals surface area contributed by atoms with Gasteiger partial charge in [-0.25, -0.2) is 13.2 Å². The van der Waals surface area contributed by atoms with Crippen LogP contribution in [0.25, 0.3) is 0 Å². The molecule has 566 valence electrons. The summed E-state index contributed by atoms with van der Waals surface area (Å²) >= 11 is 2.09. The Morgan fingerprint density at radius 1 is 0.495 bits per heavy atom. The van der Waals surface area contributed by atoms with Gasteiger partial charge in [0.05, 0.1) is 26.0 Å². The maximum absolute atomic E-state index is 12.2. The van der Waals surface area contributed by atoms with E-state index in [2.05, 4.69) is 196 Å². The second kappa shape index (κ2) is 77.0. The van der Waals surface area contributed by atoms with Crippen molar-refractivity contribution in [2.24, 2.45) is 101 Å². The second-order valence-corrected chi connectivity index (χ2v) is 33.9. The first-order chi connectivity index (χ1) is 43.5. The third-order valence-electron chi connectivity index (χ3n) is 15.5. The van der Waals surface area contributed by atoms with Gasteiger partial charge in [0.2, 0.25) is 6.43 Å². The average molecular weight is 1350 g/mol. The van der Waals surface area contributed by atoms with Crippen molar-refractivity contribution in [3.63, 3.8) is 0 Å². The number of rotatable bonds is 30. The fourth-order valence-corrected chi connectivity index (χ4v) is 11.2. The quantitative estimate of drug-likeness (QED) is 0.0336. The molecule has 2 aliphatic heterocycles. The molecule has 3 aliphatic carbocycles. The smallest absolute Gasteiger partial charge is 0.238 e. The van der Waals surface area contributed by atoms with Crippen molar-refractivity contribution in [3.05, 3.63) is 12.2 Å². The Hall–Kier alpha value is -0.790. The number of hydrogen-bond acceptors (Lipinski definition) is 5. The van der Waals surface area contributed by atoms with E-state index in [1.54, 1.807) is 14.2 Å². The molecule has 1 unspecified atom stereocenters. The summed E-state index contributed by atoms with van der Waals surface area (Å²) < 4.78 is 61.3. The van der Waals surface area contributed by atoms with E-state index in [-0.39, 0.29) is 19.2 Å². The summed E-state index contributed by atoms with van der Waals surface area (Å²) in [5.41, 5.74) is 0. The minimum atomic E-state index is -2.11. The lowest BCUT2D eigenvalue weighted by molar-refractivity contribution is -0.0406. The molecule has 2 heterocycles. The molecule has 5 aliphatic rings. The zero-order valence-corrected chi connectivity index (χ0v) is 68.8. The Morgan fingerprint density at radius 3 is 1.14 bits per heavy atom. The number of aliphatic hydroxyl groups excluding tert-OH is 1. The highest BCUT2D eigenvalue weighted by molar-refractivity contribution is 8.00. The van der Waals surface area contributed by atoms with Crippen molar-refractivity contribution in [2.45, 2.75) is 359 Å². The van der Waals surface area contributed by atoms with Crippen LogP contribution in [-0.4, -0.2) is 82.6 Å². The highest BCUT2D eigenvalue weighted by Crippen LogP contribution is 2.35. The van der Waals surface area contributed by atoms with Crippen molar-refractivity contribution >= 4 is 11.8 Å². The van der Waals surface area contributed by atoms with Crippen LogP contribution in [0.15, 0.2) is 12.2 Å². The molecule has 0 aromatic carbocycles. The molecule has 4 nitrogen and oxygen atoms in total. The summed E-state index contributed by atoms with van der Waals surface area (Å²) in [5.74, 6) is 19.4. The molecule has 1 N–H and O–H groups in total. The Labute approximate surface area is 588 Å². The van der Waals surface area contributed by atoms with Gasteiger partial charge in [0.25, 0.3) is 0 Å². The maximum atomic E-state index is 12.2. The van der Waals surface area contributed by atoms with Gasteiger partial charge in [-0.15, -0.1) is 12.3 Å². The van der Waals surface area contributed by atoms with Gasteiger partial charge >= 0.3 is 0 Å². The van der Waals surface area contributed by atoms with E-state index >= 15 is 0 Å². The fraction of sp³-hybridized carbons (Fsp3) is 0.952. The predicted molar refractivity (Wildman–Crippen MR) is 415 cm³/mol. The van der Waals surface area contributed by atoms with E-state index in [4.69, 9.17) is 25.7 Å². The average Bonchev–Trinajstić information content (AvgIpc) is 3.08. The molecule has 0 radical (unpaired) electrons. The number of terminal acetylenes is 1. The number of ether oxygens (including phenoxy) is 3. The topological polar surface area (TPSA) is 47.9 Å². The van der Waals surface area contributed by atoms with Gasteiger partial charge in [-0.3, -0.25) is 4.39 Å². The van der Waals surface area contributed by atoms with Crippen LogP contribution < -0.4 is 0 Å². The molecule has 5 rings (SSSR count). The van der Waals surface area contributed by atoms with E-state index in [1.807, 2.05) is 13.8 Å². The molecule has 93 heavy (non-hydrogen) atoms. The number of unbranched alkanes of at least 4 members (excludes halogenated alkanes) is 2. The summed E-state index contributed by atoms with van der Waals surface area (Å²) in [6, 6.07) is 0. The van der Waals surface area contributed by atoms with E-state index in [9.17, 15) is 17.6 Å². The van der Waals surface area contributed by atoms with Crippen LogP contribution >= 0.6 is 11.8 Å². The Kier molecular flexibility index (Phi) is 87.4. The summed E-state index contributed by atoms with van der Waals surface area (Å²) in [4.78, 5) is 0. The van der Waals surface area contributed by atoms with E-state index in [0.29, 0.717) is 24.2 Å². The lowest BCUT2D eigenvalue weighted by Gasteiger charge is -2.32. The normalized spacial score (nSPS) is 18.4. The third kappa shape index (κ3) is 105. The summed E-state index contributed by atoms with van der Waals surface area (Å²) in [6.45, 7) is 61.2. The zero-order chi connectivity index (χ0) is 73.1. The van der Waals surface area contributed by atoms with Crippen molar-refractivity contribution in [3.8, 4) is 12.3 Å². The maximum Gasteiger partial charge on any atom is 0.238 e. The Morgan fingerprint density at radius 2 is 0.925 bits per heavy atom. The van der Waals surface area contributed by atoms with Crippen LogP contribution in [0, 0.1) is 113 Å². The van der Waals surface area contributed by atoms with Crippen LogP contribution in [0.3, 0.4) is 0 Å². The highest BCUT2D eigenvalue weighted by Gasteiger charge is 2.29. The molecular weight excluding hydrogens is 1180 g/mol. The number of methoxy groups -OCH3 is 2. The van der Waals surface area contributed by atoms with Gasteiger partial charge in [0, 0.05) is 46.2 Å². The second-order valence-electron chi connectivity index (χ2n) is 32.8. The molecule has 4 fully saturated rings.